The number of rotatable bonds is 3. The summed E-state index contributed by atoms with van der Waals surface area (Å²) >= 11 is 0. The average Bonchev–Trinajstić information content (AvgIpc) is 2.24. The minimum absolute atomic E-state index is 0.0714. The van der Waals surface area contributed by atoms with Crippen molar-refractivity contribution >= 4 is 5.97 Å². The van der Waals surface area contributed by atoms with Gasteiger partial charge in [-0.3, -0.25) is 0 Å². The van der Waals surface area contributed by atoms with Crippen LogP contribution in [0.2, 0.25) is 0 Å². The topological polar surface area (TPSA) is 66.8 Å². The lowest BCUT2D eigenvalue weighted by atomic mass is 9.86. The lowest BCUT2D eigenvalue weighted by molar-refractivity contribution is 0.0430. The Bertz CT molecular complexity index is 404. The maximum Gasteiger partial charge on any atom is 0.342 e. The second-order valence-corrected chi connectivity index (χ2v) is 4.84. The molecular weight excluding hydrogens is 220 g/mol. The highest BCUT2D eigenvalue weighted by atomic mass is 16.5. The number of phenolic OH excluding ortho intramolecular Hbond substituents is 1. The van der Waals surface area contributed by atoms with Crippen molar-refractivity contribution in [1.82, 2.24) is 0 Å². The van der Waals surface area contributed by atoms with Gasteiger partial charge < -0.3 is 14.9 Å². The molecule has 0 heterocycles. The molecule has 0 spiro atoms. The van der Waals surface area contributed by atoms with E-state index in [1.54, 1.807) is 12.1 Å². The van der Waals surface area contributed by atoms with Gasteiger partial charge in [0.1, 0.15) is 17.9 Å². The molecule has 17 heavy (non-hydrogen) atoms. The highest BCUT2D eigenvalue weighted by Crippen LogP contribution is 2.27. The van der Waals surface area contributed by atoms with E-state index in [2.05, 4.69) is 0 Å². The molecule has 1 aromatic carbocycles. The number of hydrogen-bond donors (Lipinski definition) is 2. The van der Waals surface area contributed by atoms with E-state index in [4.69, 9.17) is 9.84 Å². The van der Waals surface area contributed by atoms with E-state index in [9.17, 15) is 9.90 Å². The summed E-state index contributed by atoms with van der Waals surface area (Å²) in [6.45, 7) is 5.75. The average molecular weight is 238 g/mol. The van der Waals surface area contributed by atoms with Crippen LogP contribution in [0.5, 0.6) is 5.75 Å². The number of aliphatic hydroxyl groups excluding tert-OH is 1. The van der Waals surface area contributed by atoms with Crippen molar-refractivity contribution in [2.45, 2.75) is 26.2 Å². The Morgan fingerprint density at radius 3 is 2.53 bits per heavy atom. The summed E-state index contributed by atoms with van der Waals surface area (Å²) in [6.07, 6.45) is 0. The molecular formula is C13H18O4. The summed E-state index contributed by atoms with van der Waals surface area (Å²) in [5.41, 5.74) is 0.955. The van der Waals surface area contributed by atoms with Crippen LogP contribution in [0.1, 0.15) is 36.7 Å². The third kappa shape index (κ3) is 3.46. The molecule has 0 aliphatic heterocycles. The molecule has 0 unspecified atom stereocenters. The monoisotopic (exact) mass is 238 g/mol. The van der Waals surface area contributed by atoms with Crippen molar-refractivity contribution in [3.8, 4) is 5.75 Å². The molecule has 0 atom stereocenters. The molecule has 4 nitrogen and oxygen atoms in total. The Morgan fingerprint density at radius 2 is 2.00 bits per heavy atom. The minimum Gasteiger partial charge on any atom is -0.507 e. The van der Waals surface area contributed by atoms with E-state index >= 15 is 0 Å². The zero-order valence-corrected chi connectivity index (χ0v) is 10.4. The van der Waals surface area contributed by atoms with Crippen LogP contribution in [0.4, 0.5) is 0 Å². The Hall–Kier alpha value is -1.55. The first-order valence-corrected chi connectivity index (χ1v) is 5.47. The van der Waals surface area contributed by atoms with E-state index in [-0.39, 0.29) is 29.9 Å². The fourth-order valence-corrected chi connectivity index (χ4v) is 1.38. The number of phenols is 1. The van der Waals surface area contributed by atoms with Gasteiger partial charge >= 0.3 is 5.97 Å². The Balaban J connectivity index is 3.02. The SMILES string of the molecule is CC(C)(C)c1ccc(O)c(C(=O)OCCO)c1. The summed E-state index contributed by atoms with van der Waals surface area (Å²) in [5, 5.41) is 18.2. The van der Waals surface area contributed by atoms with Crippen LogP contribution >= 0.6 is 0 Å². The zero-order valence-electron chi connectivity index (χ0n) is 10.4. The largest absolute Gasteiger partial charge is 0.507 e. The van der Waals surface area contributed by atoms with Crippen LogP contribution in [0.3, 0.4) is 0 Å². The van der Waals surface area contributed by atoms with Gasteiger partial charge in [0, 0.05) is 0 Å². The molecule has 0 aromatic heterocycles. The number of ether oxygens (including phenoxy) is 1. The third-order valence-corrected chi connectivity index (χ3v) is 2.41. The molecule has 0 fully saturated rings. The van der Waals surface area contributed by atoms with Crippen molar-refractivity contribution in [3.05, 3.63) is 29.3 Å². The highest BCUT2D eigenvalue weighted by Gasteiger charge is 2.19. The van der Waals surface area contributed by atoms with Crippen LogP contribution < -0.4 is 0 Å². The number of aromatic hydroxyl groups is 1. The second kappa shape index (κ2) is 5.19. The summed E-state index contributed by atoms with van der Waals surface area (Å²) in [6, 6.07) is 4.88. The second-order valence-electron chi connectivity index (χ2n) is 4.84. The molecule has 1 rings (SSSR count). The fraction of sp³-hybridized carbons (Fsp3) is 0.462. The first-order chi connectivity index (χ1) is 7.86. The molecule has 0 saturated heterocycles. The van der Waals surface area contributed by atoms with Gasteiger partial charge in [-0.1, -0.05) is 26.8 Å². The zero-order chi connectivity index (χ0) is 13.1. The van der Waals surface area contributed by atoms with Gasteiger partial charge in [0.05, 0.1) is 6.61 Å². The van der Waals surface area contributed by atoms with Crippen LogP contribution in [0.15, 0.2) is 18.2 Å². The summed E-state index contributed by atoms with van der Waals surface area (Å²) < 4.78 is 4.78. The van der Waals surface area contributed by atoms with Crippen molar-refractivity contribution in [3.63, 3.8) is 0 Å². The smallest absolute Gasteiger partial charge is 0.342 e. The molecule has 4 heteroatoms. The van der Waals surface area contributed by atoms with Crippen molar-refractivity contribution < 1.29 is 19.7 Å². The van der Waals surface area contributed by atoms with Crippen molar-refractivity contribution in [2.75, 3.05) is 13.2 Å². The van der Waals surface area contributed by atoms with Crippen LogP contribution in [0, 0.1) is 0 Å². The van der Waals surface area contributed by atoms with Crippen molar-refractivity contribution in [1.29, 1.82) is 0 Å². The van der Waals surface area contributed by atoms with Crippen molar-refractivity contribution in [2.24, 2.45) is 0 Å². The summed E-state index contributed by atoms with van der Waals surface area (Å²) in [4.78, 5) is 11.6. The molecule has 0 amide bonds. The number of aliphatic hydroxyl groups is 1. The lowest BCUT2D eigenvalue weighted by Crippen LogP contribution is -2.14. The number of benzene rings is 1. The third-order valence-electron chi connectivity index (χ3n) is 2.41. The van der Waals surface area contributed by atoms with Gasteiger partial charge in [-0.25, -0.2) is 4.79 Å². The predicted molar refractivity (Wildman–Crippen MR) is 64.2 cm³/mol. The molecule has 94 valence electrons. The maximum absolute atomic E-state index is 11.6. The quantitative estimate of drug-likeness (QED) is 0.788. The molecule has 0 bridgehead atoms. The van der Waals surface area contributed by atoms with E-state index in [0.29, 0.717) is 0 Å². The van der Waals surface area contributed by atoms with Crippen LogP contribution in [0.25, 0.3) is 0 Å². The molecule has 0 aliphatic carbocycles. The number of carbonyl (C=O) groups excluding carboxylic acids is 1. The lowest BCUT2D eigenvalue weighted by Gasteiger charge is -2.19. The van der Waals surface area contributed by atoms with Gasteiger partial charge in [-0.2, -0.15) is 0 Å². The summed E-state index contributed by atoms with van der Waals surface area (Å²) in [5.74, 6) is -0.733. The van der Waals surface area contributed by atoms with Gasteiger partial charge in [0.15, 0.2) is 0 Å². The van der Waals surface area contributed by atoms with E-state index in [1.807, 2.05) is 20.8 Å². The van der Waals surface area contributed by atoms with Gasteiger partial charge in [0.2, 0.25) is 0 Å². The molecule has 0 radical (unpaired) electrons. The normalized spacial score (nSPS) is 11.3. The predicted octanol–water partition coefficient (Wildman–Crippen LogP) is 1.84. The van der Waals surface area contributed by atoms with Crippen LogP contribution in [-0.2, 0) is 10.2 Å². The highest BCUT2D eigenvalue weighted by molar-refractivity contribution is 5.92. The maximum atomic E-state index is 11.6. The van der Waals surface area contributed by atoms with E-state index < -0.39 is 5.97 Å². The number of hydrogen-bond acceptors (Lipinski definition) is 4. The van der Waals surface area contributed by atoms with Gasteiger partial charge in [0.25, 0.3) is 0 Å². The first-order valence-electron chi connectivity index (χ1n) is 5.47. The minimum atomic E-state index is -0.623. The molecule has 0 saturated carbocycles. The first kappa shape index (κ1) is 13.5. The van der Waals surface area contributed by atoms with Gasteiger partial charge in [-0.15, -0.1) is 0 Å². The van der Waals surface area contributed by atoms with Gasteiger partial charge in [-0.05, 0) is 23.1 Å². The molecule has 0 aliphatic rings. The standard InChI is InChI=1S/C13H18O4/c1-13(2,3)9-4-5-11(15)10(8-9)12(16)17-7-6-14/h4-5,8,14-15H,6-7H2,1-3H3. The Labute approximate surface area is 101 Å². The van der Waals surface area contributed by atoms with E-state index in [1.165, 1.54) is 6.07 Å². The molecule has 2 N–H and O–H groups in total. The number of carbonyl (C=O) groups is 1. The number of esters is 1. The van der Waals surface area contributed by atoms with Crippen LogP contribution in [-0.4, -0.2) is 29.4 Å². The Kier molecular flexibility index (Phi) is 4.12. The summed E-state index contributed by atoms with van der Waals surface area (Å²) in [7, 11) is 0. The van der Waals surface area contributed by atoms with E-state index in [0.717, 1.165) is 5.56 Å². The molecule has 1 aromatic rings. The fourth-order valence-electron chi connectivity index (χ4n) is 1.38. The Morgan fingerprint density at radius 1 is 1.35 bits per heavy atom.